The molecule has 0 aliphatic rings. The fourth-order valence-corrected chi connectivity index (χ4v) is 0.852. The Morgan fingerprint density at radius 1 is 1.38 bits per heavy atom. The van der Waals surface area contributed by atoms with Crippen LogP contribution in [0.3, 0.4) is 0 Å². The second kappa shape index (κ2) is 5.74. The SMILES string of the molecule is O=C(O)C(O)c1ccccc1O.[H-].[K+]. The molecule has 1 atom stereocenters. The van der Waals surface area contributed by atoms with Gasteiger partial charge in [-0.25, -0.2) is 4.79 Å². The van der Waals surface area contributed by atoms with Crippen LogP contribution >= 0.6 is 0 Å². The average Bonchev–Trinajstić information content (AvgIpc) is 2.04. The molecule has 0 bridgehead atoms. The number of aliphatic hydroxyl groups excluding tert-OH is 1. The van der Waals surface area contributed by atoms with E-state index in [2.05, 4.69) is 0 Å². The Hall–Kier alpha value is 0.0864. The number of carbonyl (C=O) groups is 1. The summed E-state index contributed by atoms with van der Waals surface area (Å²) >= 11 is 0. The molecule has 1 unspecified atom stereocenters. The summed E-state index contributed by atoms with van der Waals surface area (Å²) in [4.78, 5) is 10.3. The molecule has 0 aliphatic heterocycles. The number of para-hydroxylation sites is 1. The number of phenols is 1. The zero-order valence-electron chi connectivity index (χ0n) is 8.14. The number of carboxylic acid groups (broad SMARTS) is 1. The molecule has 0 saturated heterocycles. The molecule has 0 saturated carbocycles. The summed E-state index contributed by atoms with van der Waals surface area (Å²) in [6.07, 6.45) is -1.66. The molecule has 3 N–H and O–H groups in total. The van der Waals surface area contributed by atoms with Gasteiger partial charge in [0.1, 0.15) is 5.75 Å². The molecular formula is C8H9KO4. The van der Waals surface area contributed by atoms with Crippen molar-refractivity contribution in [3.05, 3.63) is 29.8 Å². The van der Waals surface area contributed by atoms with Gasteiger partial charge in [0.25, 0.3) is 0 Å². The Bertz CT molecular complexity index is 305. The maximum absolute atomic E-state index is 10.3. The van der Waals surface area contributed by atoms with Crippen molar-refractivity contribution in [3.8, 4) is 5.75 Å². The molecule has 1 rings (SSSR count). The summed E-state index contributed by atoms with van der Waals surface area (Å²) in [5.41, 5.74) is 0.00463. The first-order chi connectivity index (χ1) is 5.63. The largest absolute Gasteiger partial charge is 1.00 e. The van der Waals surface area contributed by atoms with Gasteiger partial charge in [-0.3, -0.25) is 0 Å². The molecule has 1 aromatic carbocycles. The Balaban J connectivity index is 0. The Morgan fingerprint density at radius 2 is 1.92 bits per heavy atom. The van der Waals surface area contributed by atoms with Gasteiger partial charge in [0.2, 0.25) is 0 Å². The summed E-state index contributed by atoms with van der Waals surface area (Å²) in [6, 6.07) is 5.77. The maximum Gasteiger partial charge on any atom is 1.00 e. The van der Waals surface area contributed by atoms with Gasteiger partial charge >= 0.3 is 57.4 Å². The third-order valence-electron chi connectivity index (χ3n) is 1.47. The molecule has 0 amide bonds. The number of aliphatic hydroxyl groups is 1. The molecule has 0 spiro atoms. The molecule has 66 valence electrons. The van der Waals surface area contributed by atoms with E-state index in [0.717, 1.165) is 0 Å². The van der Waals surface area contributed by atoms with Crippen molar-refractivity contribution in [2.45, 2.75) is 6.10 Å². The number of rotatable bonds is 2. The van der Waals surface area contributed by atoms with Crippen molar-refractivity contribution in [2.75, 3.05) is 0 Å². The molecule has 0 aliphatic carbocycles. The van der Waals surface area contributed by atoms with Crippen LogP contribution in [0.15, 0.2) is 24.3 Å². The zero-order chi connectivity index (χ0) is 9.14. The van der Waals surface area contributed by atoms with Gasteiger partial charge in [0, 0.05) is 5.56 Å². The Morgan fingerprint density at radius 3 is 2.38 bits per heavy atom. The number of hydrogen-bond donors (Lipinski definition) is 3. The van der Waals surface area contributed by atoms with Gasteiger partial charge in [-0.2, -0.15) is 0 Å². The zero-order valence-corrected chi connectivity index (χ0v) is 10.3. The van der Waals surface area contributed by atoms with E-state index in [-0.39, 0.29) is 64.1 Å². The molecule has 5 heteroatoms. The minimum absolute atomic E-state index is 0. The first-order valence-electron chi connectivity index (χ1n) is 3.31. The van der Waals surface area contributed by atoms with Crippen molar-refractivity contribution in [1.82, 2.24) is 0 Å². The van der Waals surface area contributed by atoms with Crippen molar-refractivity contribution in [1.29, 1.82) is 0 Å². The van der Waals surface area contributed by atoms with E-state index < -0.39 is 12.1 Å². The monoisotopic (exact) mass is 208 g/mol. The minimum atomic E-state index is -1.66. The van der Waals surface area contributed by atoms with Gasteiger partial charge in [-0.1, -0.05) is 18.2 Å². The first-order valence-corrected chi connectivity index (χ1v) is 3.31. The number of aromatic hydroxyl groups is 1. The topological polar surface area (TPSA) is 77.8 Å². The predicted octanol–water partition coefficient (Wildman–Crippen LogP) is -2.37. The number of benzene rings is 1. The first kappa shape index (κ1) is 13.1. The Labute approximate surface area is 119 Å². The summed E-state index contributed by atoms with van der Waals surface area (Å²) in [5.74, 6) is -1.59. The van der Waals surface area contributed by atoms with Gasteiger partial charge in [0.05, 0.1) is 0 Å². The molecular weight excluding hydrogens is 199 g/mol. The molecule has 4 nitrogen and oxygen atoms in total. The fourth-order valence-electron chi connectivity index (χ4n) is 0.852. The van der Waals surface area contributed by atoms with E-state index in [1.165, 1.54) is 12.1 Å². The van der Waals surface area contributed by atoms with Crippen LogP contribution in [0.5, 0.6) is 5.75 Å². The Kier molecular flexibility index (Phi) is 5.78. The van der Waals surface area contributed by atoms with Crippen LogP contribution in [0.1, 0.15) is 13.1 Å². The van der Waals surface area contributed by atoms with E-state index in [1.54, 1.807) is 12.1 Å². The van der Waals surface area contributed by atoms with E-state index in [1.807, 2.05) is 0 Å². The summed E-state index contributed by atoms with van der Waals surface area (Å²) in [7, 11) is 0. The van der Waals surface area contributed by atoms with E-state index in [0.29, 0.717) is 0 Å². The number of hydrogen-bond acceptors (Lipinski definition) is 3. The molecule has 0 radical (unpaired) electrons. The molecule has 1 aromatic rings. The van der Waals surface area contributed by atoms with Crippen LogP contribution in [-0.4, -0.2) is 21.3 Å². The smallest absolute Gasteiger partial charge is 1.00 e. The normalized spacial score (nSPS) is 11.5. The van der Waals surface area contributed by atoms with E-state index in [9.17, 15) is 4.79 Å². The van der Waals surface area contributed by atoms with Crippen LogP contribution in [-0.2, 0) is 4.79 Å². The maximum atomic E-state index is 10.3. The van der Waals surface area contributed by atoms with Crippen molar-refractivity contribution in [2.24, 2.45) is 0 Å². The number of aliphatic carboxylic acids is 1. The molecule has 0 fully saturated rings. The van der Waals surface area contributed by atoms with E-state index >= 15 is 0 Å². The van der Waals surface area contributed by atoms with Gasteiger partial charge in [-0.15, -0.1) is 0 Å². The summed E-state index contributed by atoms with van der Waals surface area (Å²) < 4.78 is 0. The average molecular weight is 208 g/mol. The molecule has 13 heavy (non-hydrogen) atoms. The third-order valence-corrected chi connectivity index (χ3v) is 1.47. The van der Waals surface area contributed by atoms with Gasteiger partial charge < -0.3 is 16.7 Å². The van der Waals surface area contributed by atoms with Gasteiger partial charge in [0.15, 0.2) is 6.10 Å². The summed E-state index contributed by atoms with van der Waals surface area (Å²) in [6.45, 7) is 0. The quantitative estimate of drug-likeness (QED) is 0.475. The van der Waals surface area contributed by atoms with Crippen molar-refractivity contribution in [3.63, 3.8) is 0 Å². The molecule has 0 heterocycles. The third kappa shape index (κ3) is 3.38. The van der Waals surface area contributed by atoms with Crippen LogP contribution in [0.25, 0.3) is 0 Å². The standard InChI is InChI=1S/C8H8O4.K.H/c9-6-4-2-1-3-5(6)7(10)8(11)12;;/h1-4,7,9-10H,(H,11,12);;/q;+1;-1. The van der Waals surface area contributed by atoms with Crippen molar-refractivity contribution >= 4 is 5.97 Å². The van der Waals surface area contributed by atoms with Crippen LogP contribution in [0.4, 0.5) is 0 Å². The van der Waals surface area contributed by atoms with Crippen molar-refractivity contribution < 1.29 is 72.9 Å². The predicted molar refractivity (Wildman–Crippen MR) is 41.8 cm³/mol. The van der Waals surface area contributed by atoms with Crippen LogP contribution < -0.4 is 51.4 Å². The number of carboxylic acids is 1. The van der Waals surface area contributed by atoms with Crippen LogP contribution in [0, 0.1) is 0 Å². The second-order valence-electron chi connectivity index (χ2n) is 2.30. The van der Waals surface area contributed by atoms with Gasteiger partial charge in [-0.05, 0) is 6.07 Å². The second-order valence-corrected chi connectivity index (χ2v) is 2.30. The summed E-state index contributed by atoms with van der Waals surface area (Å²) in [5, 5.41) is 26.5. The fraction of sp³-hybridized carbons (Fsp3) is 0.125. The minimum Gasteiger partial charge on any atom is -1.00 e. The van der Waals surface area contributed by atoms with E-state index in [4.69, 9.17) is 15.3 Å². The number of phenolic OH excluding ortho intramolecular Hbond substituents is 1. The molecule has 0 aromatic heterocycles. The van der Waals surface area contributed by atoms with Crippen LogP contribution in [0.2, 0.25) is 0 Å².